The van der Waals surface area contributed by atoms with Crippen molar-refractivity contribution >= 4 is 63.3 Å². The van der Waals surface area contributed by atoms with Crippen LogP contribution in [0.25, 0.3) is 0 Å². The molecule has 1 atom stereocenters. The van der Waals surface area contributed by atoms with Crippen molar-refractivity contribution in [1.82, 2.24) is 4.90 Å². The van der Waals surface area contributed by atoms with Gasteiger partial charge in [0.15, 0.2) is 5.17 Å². The molecule has 1 aliphatic heterocycles. The summed E-state index contributed by atoms with van der Waals surface area (Å²) in [6, 6.07) is 24.2. The Balaban J connectivity index is 1.51. The number of aryl methyl sites for hydroxylation is 1. The summed E-state index contributed by atoms with van der Waals surface area (Å²) in [6.07, 6.45) is 1.72. The summed E-state index contributed by atoms with van der Waals surface area (Å²) in [5, 5.41) is 3.83. The zero-order valence-electron chi connectivity index (χ0n) is 18.3. The molecule has 1 N–H and O–H groups in total. The second kappa shape index (κ2) is 11.6. The number of carbonyl (C=O) groups excluding carboxylic acids is 2. The summed E-state index contributed by atoms with van der Waals surface area (Å²) in [7, 11) is 0. The van der Waals surface area contributed by atoms with E-state index in [0.29, 0.717) is 33.1 Å². The van der Waals surface area contributed by atoms with E-state index in [4.69, 9.17) is 23.2 Å². The van der Waals surface area contributed by atoms with E-state index in [1.807, 2.05) is 24.3 Å². The average Bonchev–Trinajstić information content (AvgIpc) is 2.81. The van der Waals surface area contributed by atoms with Gasteiger partial charge in [-0.15, -0.1) is 0 Å². The van der Waals surface area contributed by atoms with E-state index in [9.17, 15) is 9.59 Å². The smallest absolute Gasteiger partial charge is 0.238 e. The molecule has 1 saturated heterocycles. The van der Waals surface area contributed by atoms with Crippen molar-refractivity contribution in [3.63, 3.8) is 0 Å². The van der Waals surface area contributed by atoms with Crippen LogP contribution in [0.2, 0.25) is 10.0 Å². The maximum absolute atomic E-state index is 13.1. The third-order valence-electron chi connectivity index (χ3n) is 5.25. The van der Waals surface area contributed by atoms with Crippen LogP contribution in [0, 0.1) is 0 Å². The highest BCUT2D eigenvalue weighted by Crippen LogP contribution is 2.31. The number of anilines is 1. The Hall–Kier alpha value is -2.80. The molecule has 1 fully saturated rings. The first-order valence-electron chi connectivity index (χ1n) is 10.9. The van der Waals surface area contributed by atoms with E-state index in [1.165, 1.54) is 17.3 Å². The number of nitrogens with zero attached hydrogens (tertiary/aromatic N) is 2. The van der Waals surface area contributed by atoms with Crippen LogP contribution in [0.4, 0.5) is 11.4 Å². The molecule has 1 aliphatic rings. The molecule has 0 aromatic heterocycles. The number of hydrogen-bond acceptors (Lipinski definition) is 4. The normalized spacial score (nSPS) is 17.1. The van der Waals surface area contributed by atoms with Crippen molar-refractivity contribution in [3.05, 3.63) is 94.5 Å². The summed E-state index contributed by atoms with van der Waals surface area (Å²) >= 11 is 13.4. The first-order chi connectivity index (χ1) is 16.5. The van der Waals surface area contributed by atoms with Crippen molar-refractivity contribution in [1.29, 1.82) is 0 Å². The lowest BCUT2D eigenvalue weighted by molar-refractivity contribution is -0.129. The van der Waals surface area contributed by atoms with Crippen LogP contribution in [0.5, 0.6) is 0 Å². The van der Waals surface area contributed by atoms with Gasteiger partial charge < -0.3 is 5.32 Å². The van der Waals surface area contributed by atoms with Gasteiger partial charge in [0.05, 0.1) is 5.69 Å². The molecule has 4 rings (SSSR count). The van der Waals surface area contributed by atoms with E-state index in [0.717, 1.165) is 12.8 Å². The van der Waals surface area contributed by atoms with Gasteiger partial charge in [-0.3, -0.25) is 14.5 Å². The summed E-state index contributed by atoms with van der Waals surface area (Å²) in [4.78, 5) is 32.5. The van der Waals surface area contributed by atoms with Crippen LogP contribution in [0.3, 0.4) is 0 Å². The number of thioether (sulfide) groups is 1. The van der Waals surface area contributed by atoms with Gasteiger partial charge in [-0.2, -0.15) is 0 Å². The predicted molar refractivity (Wildman–Crippen MR) is 141 cm³/mol. The molecule has 1 heterocycles. The van der Waals surface area contributed by atoms with Crippen LogP contribution in [0.1, 0.15) is 18.4 Å². The van der Waals surface area contributed by atoms with Crippen molar-refractivity contribution in [2.24, 2.45) is 4.99 Å². The number of nitrogens with one attached hydrogen (secondary N) is 1. The van der Waals surface area contributed by atoms with Crippen LogP contribution in [0.15, 0.2) is 83.9 Å². The third kappa shape index (κ3) is 6.63. The van der Waals surface area contributed by atoms with Gasteiger partial charge in [0.25, 0.3) is 0 Å². The first-order valence-corrected chi connectivity index (χ1v) is 12.5. The second-order valence-corrected chi connectivity index (χ2v) is 9.86. The highest BCUT2D eigenvalue weighted by Gasteiger charge is 2.35. The molecular weight excluding hydrogens is 489 g/mol. The van der Waals surface area contributed by atoms with Crippen LogP contribution in [-0.4, -0.2) is 33.7 Å². The Kier molecular flexibility index (Phi) is 8.27. The third-order valence-corrected chi connectivity index (χ3v) is 6.91. The molecule has 3 aromatic carbocycles. The quantitative estimate of drug-likeness (QED) is 0.389. The maximum Gasteiger partial charge on any atom is 0.238 e. The van der Waals surface area contributed by atoms with Gasteiger partial charge in [0, 0.05) is 28.7 Å². The number of carbonyl (C=O) groups is 2. The lowest BCUT2D eigenvalue weighted by Crippen LogP contribution is -2.45. The fourth-order valence-corrected chi connectivity index (χ4v) is 5.09. The van der Waals surface area contributed by atoms with Crippen molar-refractivity contribution in [2.75, 3.05) is 11.9 Å². The Morgan fingerprint density at radius 3 is 2.47 bits per heavy atom. The molecule has 34 heavy (non-hydrogen) atoms. The lowest BCUT2D eigenvalue weighted by Gasteiger charge is -2.32. The van der Waals surface area contributed by atoms with Crippen molar-refractivity contribution < 1.29 is 9.59 Å². The van der Waals surface area contributed by atoms with Gasteiger partial charge in [-0.05, 0) is 54.8 Å². The molecule has 5 nitrogen and oxygen atoms in total. The van der Waals surface area contributed by atoms with E-state index in [2.05, 4.69) is 22.4 Å². The highest BCUT2D eigenvalue weighted by molar-refractivity contribution is 8.15. The molecule has 0 spiro atoms. The molecular formula is C26H23Cl2N3O2S. The molecule has 0 bridgehead atoms. The largest absolute Gasteiger partial charge is 0.325 e. The molecule has 2 amide bonds. The minimum absolute atomic E-state index is 0.0942. The van der Waals surface area contributed by atoms with Gasteiger partial charge >= 0.3 is 0 Å². The van der Waals surface area contributed by atoms with Gasteiger partial charge in [0.2, 0.25) is 11.8 Å². The number of halogens is 2. The first kappa shape index (κ1) is 24.3. The topological polar surface area (TPSA) is 61.8 Å². The molecule has 3 aromatic rings. The van der Waals surface area contributed by atoms with E-state index in [-0.39, 0.29) is 18.2 Å². The maximum atomic E-state index is 13.1. The van der Waals surface area contributed by atoms with Crippen LogP contribution in [-0.2, 0) is 16.0 Å². The van der Waals surface area contributed by atoms with E-state index in [1.54, 1.807) is 47.4 Å². The molecule has 1 unspecified atom stereocenters. The van der Waals surface area contributed by atoms with Crippen LogP contribution < -0.4 is 5.32 Å². The fourth-order valence-electron chi connectivity index (χ4n) is 3.59. The summed E-state index contributed by atoms with van der Waals surface area (Å²) in [6.45, 7) is 0.517. The standard InChI is InChI=1S/C26H23Cl2N3O2S/c27-19-10-4-12-21(15-19)29-25(33)23-17-24(32)31(14-6-9-18-7-2-1-3-8-18)26(34-23)30-22-13-5-11-20(28)16-22/h1-5,7-8,10-13,15-16,23H,6,9,14,17H2,(H,29,33). The summed E-state index contributed by atoms with van der Waals surface area (Å²) < 4.78 is 0. The number of rotatable bonds is 7. The monoisotopic (exact) mass is 511 g/mol. The number of amides is 2. The minimum Gasteiger partial charge on any atom is -0.325 e. The second-order valence-electron chi connectivity index (χ2n) is 7.82. The van der Waals surface area contributed by atoms with Crippen molar-refractivity contribution in [2.45, 2.75) is 24.5 Å². The number of amidine groups is 1. The van der Waals surface area contributed by atoms with Crippen LogP contribution >= 0.6 is 35.0 Å². The molecule has 8 heteroatoms. The van der Waals surface area contributed by atoms with Gasteiger partial charge in [-0.25, -0.2) is 4.99 Å². The van der Waals surface area contributed by atoms with E-state index >= 15 is 0 Å². The number of benzene rings is 3. The van der Waals surface area contributed by atoms with Crippen molar-refractivity contribution in [3.8, 4) is 0 Å². The number of aliphatic imine (C=N–C) groups is 1. The Labute approximate surface area is 213 Å². The zero-order chi connectivity index (χ0) is 23.9. The van der Waals surface area contributed by atoms with Gasteiger partial charge in [-0.1, -0.05) is 77.4 Å². The molecule has 0 aliphatic carbocycles. The average molecular weight is 512 g/mol. The molecule has 0 radical (unpaired) electrons. The summed E-state index contributed by atoms with van der Waals surface area (Å²) in [5.41, 5.74) is 2.43. The predicted octanol–water partition coefficient (Wildman–Crippen LogP) is 6.59. The SMILES string of the molecule is O=C(Nc1cccc(Cl)c1)C1CC(=O)N(CCCc2ccccc2)C(=Nc2cccc(Cl)c2)S1. The Morgan fingerprint density at radius 1 is 1.00 bits per heavy atom. The van der Waals surface area contributed by atoms with E-state index < -0.39 is 5.25 Å². The molecule has 174 valence electrons. The Bertz CT molecular complexity index is 1200. The highest BCUT2D eigenvalue weighted by atomic mass is 35.5. The molecule has 0 saturated carbocycles. The lowest BCUT2D eigenvalue weighted by atomic mass is 10.1. The zero-order valence-corrected chi connectivity index (χ0v) is 20.6. The minimum atomic E-state index is -0.602. The fraction of sp³-hybridized carbons (Fsp3) is 0.192. The summed E-state index contributed by atoms with van der Waals surface area (Å²) in [5.74, 6) is -0.387. The van der Waals surface area contributed by atoms with Gasteiger partial charge in [0.1, 0.15) is 5.25 Å². The Morgan fingerprint density at radius 2 is 1.74 bits per heavy atom. The number of hydrogen-bond donors (Lipinski definition) is 1.